The smallest absolute Gasteiger partial charge is 0.253 e. The highest BCUT2D eigenvalue weighted by Crippen LogP contribution is 2.23. The zero-order valence-electron chi connectivity index (χ0n) is 16.6. The molecule has 5 nitrogen and oxygen atoms in total. The first kappa shape index (κ1) is 19.4. The number of hydrogen-bond acceptors (Lipinski definition) is 4. The van der Waals surface area contributed by atoms with Gasteiger partial charge < -0.3 is 4.90 Å². The van der Waals surface area contributed by atoms with E-state index in [1.807, 2.05) is 41.3 Å². The first-order valence-electron chi connectivity index (χ1n) is 10.3. The first-order valence-corrected chi connectivity index (χ1v) is 10.3. The summed E-state index contributed by atoms with van der Waals surface area (Å²) in [5.74, 6) is 0.246. The molecule has 1 amide bonds. The van der Waals surface area contributed by atoms with Gasteiger partial charge in [0.15, 0.2) is 5.78 Å². The number of nitrogens with zero attached hydrogens (tertiary/aromatic N) is 3. The molecule has 0 unspecified atom stereocenters. The molecule has 0 aromatic heterocycles. The van der Waals surface area contributed by atoms with E-state index in [-0.39, 0.29) is 11.7 Å². The number of carbonyl (C=O) groups excluding carboxylic acids is 2. The highest BCUT2D eigenvalue weighted by atomic mass is 16.2. The van der Waals surface area contributed by atoms with E-state index in [1.165, 1.54) is 0 Å². The number of carbonyl (C=O) groups is 2. The maximum atomic E-state index is 13.1. The van der Waals surface area contributed by atoms with Crippen molar-refractivity contribution >= 4 is 11.7 Å². The Bertz CT molecular complexity index is 976. The van der Waals surface area contributed by atoms with Gasteiger partial charge in [0.2, 0.25) is 0 Å². The van der Waals surface area contributed by atoms with Gasteiger partial charge in [0.1, 0.15) is 0 Å². The van der Waals surface area contributed by atoms with Crippen molar-refractivity contribution in [3.63, 3.8) is 0 Å². The van der Waals surface area contributed by atoms with Crippen LogP contribution in [0.3, 0.4) is 0 Å². The van der Waals surface area contributed by atoms with Crippen LogP contribution >= 0.6 is 0 Å². The summed E-state index contributed by atoms with van der Waals surface area (Å²) >= 11 is 0. The Labute approximate surface area is 171 Å². The van der Waals surface area contributed by atoms with Gasteiger partial charge in [-0.2, -0.15) is 5.26 Å². The second-order valence-corrected chi connectivity index (χ2v) is 7.88. The molecule has 0 bridgehead atoms. The summed E-state index contributed by atoms with van der Waals surface area (Å²) in [4.78, 5) is 29.3. The van der Waals surface area contributed by atoms with Crippen LogP contribution in [0.25, 0.3) is 0 Å². The Morgan fingerprint density at radius 3 is 2.76 bits per heavy atom. The molecule has 1 fully saturated rings. The van der Waals surface area contributed by atoms with E-state index in [0.29, 0.717) is 24.1 Å². The summed E-state index contributed by atoms with van der Waals surface area (Å²) in [5.41, 5.74) is 4.30. The number of hydrogen-bond donors (Lipinski definition) is 0. The van der Waals surface area contributed by atoms with E-state index >= 15 is 0 Å². The molecule has 1 saturated heterocycles. The average molecular weight is 387 g/mol. The third-order valence-electron chi connectivity index (χ3n) is 5.84. The van der Waals surface area contributed by atoms with Crippen molar-refractivity contribution in [3.05, 3.63) is 70.3 Å². The highest BCUT2D eigenvalue weighted by molar-refractivity contribution is 6.01. The number of fused-ring (bicyclic) bond motifs is 1. The van der Waals surface area contributed by atoms with Crippen LogP contribution in [0.15, 0.2) is 42.5 Å². The Hall–Kier alpha value is -2.97. The van der Waals surface area contributed by atoms with E-state index in [2.05, 4.69) is 11.0 Å². The molecular weight excluding hydrogens is 362 g/mol. The number of nitriles is 1. The van der Waals surface area contributed by atoms with Crippen LogP contribution in [-0.4, -0.2) is 47.7 Å². The van der Waals surface area contributed by atoms with Crippen molar-refractivity contribution in [2.75, 3.05) is 26.2 Å². The fourth-order valence-corrected chi connectivity index (χ4v) is 4.29. The molecule has 2 aromatic carbocycles. The monoisotopic (exact) mass is 387 g/mol. The van der Waals surface area contributed by atoms with Gasteiger partial charge in [0.25, 0.3) is 5.91 Å². The maximum absolute atomic E-state index is 13.1. The molecule has 2 aliphatic rings. The van der Waals surface area contributed by atoms with Gasteiger partial charge in [0.05, 0.1) is 11.6 Å². The number of ketones is 1. The van der Waals surface area contributed by atoms with E-state index in [9.17, 15) is 9.59 Å². The maximum Gasteiger partial charge on any atom is 0.253 e. The number of benzene rings is 2. The molecule has 0 radical (unpaired) electrons. The van der Waals surface area contributed by atoms with Crippen molar-refractivity contribution in [2.45, 2.75) is 32.2 Å². The molecule has 0 atom stereocenters. The highest BCUT2D eigenvalue weighted by Gasteiger charge is 2.23. The lowest BCUT2D eigenvalue weighted by Crippen LogP contribution is -2.35. The molecule has 1 heterocycles. The summed E-state index contributed by atoms with van der Waals surface area (Å²) in [6, 6.07) is 15.5. The fraction of sp³-hybridized carbons (Fsp3) is 0.375. The first-order chi connectivity index (χ1) is 14.1. The largest absolute Gasteiger partial charge is 0.337 e. The summed E-state index contributed by atoms with van der Waals surface area (Å²) in [6.45, 7) is 3.96. The molecule has 29 heavy (non-hydrogen) atoms. The molecule has 2 aromatic rings. The zero-order chi connectivity index (χ0) is 20.2. The summed E-state index contributed by atoms with van der Waals surface area (Å²) in [5, 5.41) is 9.08. The van der Waals surface area contributed by atoms with Gasteiger partial charge in [-0.25, -0.2) is 0 Å². The van der Waals surface area contributed by atoms with Gasteiger partial charge >= 0.3 is 0 Å². The van der Waals surface area contributed by atoms with Crippen LogP contribution in [-0.2, 0) is 13.0 Å². The Morgan fingerprint density at radius 2 is 1.90 bits per heavy atom. The number of amides is 1. The molecule has 4 rings (SSSR count). The SMILES string of the molecule is N#Cc1cccc(CN2CCCN(C(=O)c3ccc4c(c3)CCCC4=O)CC2)c1. The second kappa shape index (κ2) is 8.59. The molecule has 0 spiro atoms. The number of rotatable bonds is 3. The molecular formula is C24H25N3O2. The third kappa shape index (κ3) is 4.38. The average Bonchev–Trinajstić information content (AvgIpc) is 2.99. The number of aryl methyl sites for hydroxylation is 1. The van der Waals surface area contributed by atoms with Crippen molar-refractivity contribution in [1.82, 2.24) is 9.80 Å². The molecule has 1 aliphatic heterocycles. The van der Waals surface area contributed by atoms with Crippen LogP contribution in [0.2, 0.25) is 0 Å². The van der Waals surface area contributed by atoms with Crippen LogP contribution in [0.1, 0.15) is 56.7 Å². The van der Waals surface area contributed by atoms with Gasteiger partial charge in [-0.1, -0.05) is 18.2 Å². The zero-order valence-corrected chi connectivity index (χ0v) is 16.6. The van der Waals surface area contributed by atoms with Crippen molar-refractivity contribution < 1.29 is 9.59 Å². The second-order valence-electron chi connectivity index (χ2n) is 7.88. The predicted molar refractivity (Wildman–Crippen MR) is 111 cm³/mol. The quantitative estimate of drug-likeness (QED) is 0.809. The Balaban J connectivity index is 1.41. The Kier molecular flexibility index (Phi) is 5.73. The lowest BCUT2D eigenvalue weighted by Gasteiger charge is -2.23. The van der Waals surface area contributed by atoms with Gasteiger partial charge in [-0.05, 0) is 54.7 Å². The molecule has 5 heteroatoms. The standard InChI is InChI=1S/C24H25N3O2/c25-16-18-4-1-5-19(14-18)17-26-10-3-11-27(13-12-26)24(29)21-8-9-22-20(15-21)6-2-7-23(22)28/h1,4-5,8-9,14-15H,2-3,6-7,10-13,17H2. The fourth-order valence-electron chi connectivity index (χ4n) is 4.29. The normalized spacial score (nSPS) is 17.3. The summed E-state index contributed by atoms with van der Waals surface area (Å²) in [6.07, 6.45) is 3.28. The molecule has 1 aliphatic carbocycles. The summed E-state index contributed by atoms with van der Waals surface area (Å²) in [7, 11) is 0. The minimum Gasteiger partial charge on any atom is -0.337 e. The predicted octanol–water partition coefficient (Wildman–Crippen LogP) is 3.43. The van der Waals surface area contributed by atoms with E-state index in [0.717, 1.165) is 62.1 Å². The minimum absolute atomic E-state index is 0.0548. The van der Waals surface area contributed by atoms with E-state index < -0.39 is 0 Å². The molecule has 0 N–H and O–H groups in total. The molecule has 148 valence electrons. The molecule has 0 saturated carbocycles. The Morgan fingerprint density at radius 1 is 1.00 bits per heavy atom. The van der Waals surface area contributed by atoms with E-state index in [4.69, 9.17) is 5.26 Å². The third-order valence-corrected chi connectivity index (χ3v) is 5.84. The van der Waals surface area contributed by atoms with Crippen LogP contribution in [0.5, 0.6) is 0 Å². The minimum atomic E-state index is 0.0548. The van der Waals surface area contributed by atoms with Crippen LogP contribution in [0.4, 0.5) is 0 Å². The van der Waals surface area contributed by atoms with Gasteiger partial charge in [-0.15, -0.1) is 0 Å². The van der Waals surface area contributed by atoms with Gasteiger partial charge in [0, 0.05) is 50.3 Å². The lowest BCUT2D eigenvalue weighted by molar-refractivity contribution is 0.0760. The number of Topliss-reactive ketones (excluding diaryl/α,β-unsaturated/α-hetero) is 1. The van der Waals surface area contributed by atoms with Crippen LogP contribution < -0.4 is 0 Å². The van der Waals surface area contributed by atoms with Gasteiger partial charge in [-0.3, -0.25) is 14.5 Å². The van der Waals surface area contributed by atoms with E-state index in [1.54, 1.807) is 6.07 Å². The van der Waals surface area contributed by atoms with Crippen molar-refractivity contribution in [3.8, 4) is 6.07 Å². The van der Waals surface area contributed by atoms with Crippen LogP contribution in [0, 0.1) is 11.3 Å². The van der Waals surface area contributed by atoms with Crippen molar-refractivity contribution in [2.24, 2.45) is 0 Å². The summed E-state index contributed by atoms with van der Waals surface area (Å²) < 4.78 is 0. The lowest BCUT2D eigenvalue weighted by atomic mass is 9.89. The topological polar surface area (TPSA) is 64.4 Å². The van der Waals surface area contributed by atoms with Crippen molar-refractivity contribution in [1.29, 1.82) is 5.26 Å².